The van der Waals surface area contributed by atoms with E-state index in [-0.39, 0.29) is 11.9 Å². The minimum absolute atomic E-state index is 0.221. The minimum Gasteiger partial charge on any atom is -0.368 e. The molecule has 0 spiro atoms. The van der Waals surface area contributed by atoms with Gasteiger partial charge in [-0.3, -0.25) is 9.69 Å². The van der Waals surface area contributed by atoms with E-state index in [4.69, 9.17) is 10.3 Å². The molecule has 2 aromatic heterocycles. The Hall–Kier alpha value is -1.25. The van der Waals surface area contributed by atoms with E-state index >= 15 is 0 Å². The predicted octanol–water partition coefficient (Wildman–Crippen LogP) is 2.01. The van der Waals surface area contributed by atoms with Crippen LogP contribution < -0.4 is 5.73 Å². The third kappa shape index (κ3) is 2.77. The van der Waals surface area contributed by atoms with Gasteiger partial charge in [0.05, 0.1) is 17.5 Å². The number of hydrogen-bond acceptors (Lipinski definition) is 6. The van der Waals surface area contributed by atoms with Crippen molar-refractivity contribution < 1.29 is 9.32 Å². The molecular formula is C12H13BrN4O2S. The smallest absolute Gasteiger partial charge is 0.241 e. The lowest BCUT2D eigenvalue weighted by Crippen LogP contribution is -2.39. The van der Waals surface area contributed by atoms with Crippen LogP contribution in [-0.4, -0.2) is 33.5 Å². The van der Waals surface area contributed by atoms with Crippen LogP contribution in [0.2, 0.25) is 0 Å². The van der Waals surface area contributed by atoms with Gasteiger partial charge in [-0.1, -0.05) is 5.16 Å². The van der Waals surface area contributed by atoms with Crippen molar-refractivity contribution in [3.8, 4) is 10.7 Å². The van der Waals surface area contributed by atoms with Crippen LogP contribution in [0.4, 0.5) is 0 Å². The standard InChI is InChI=1S/C12H13BrN4O2S/c13-7-4-9(20-6-7)12-15-10(19-16-12)5-17-3-1-2-8(17)11(14)18/h4,6,8H,1-3,5H2,(H2,14,18). The molecule has 1 aliphatic rings. The van der Waals surface area contributed by atoms with Crippen LogP contribution in [0.25, 0.3) is 10.7 Å². The maximum absolute atomic E-state index is 11.3. The van der Waals surface area contributed by atoms with Crippen molar-refractivity contribution in [2.45, 2.75) is 25.4 Å². The van der Waals surface area contributed by atoms with E-state index in [0.29, 0.717) is 18.3 Å². The highest BCUT2D eigenvalue weighted by Crippen LogP contribution is 2.28. The number of rotatable bonds is 4. The Labute approximate surface area is 128 Å². The highest BCUT2D eigenvalue weighted by atomic mass is 79.9. The van der Waals surface area contributed by atoms with Gasteiger partial charge < -0.3 is 10.3 Å². The van der Waals surface area contributed by atoms with Crippen molar-refractivity contribution in [2.24, 2.45) is 5.73 Å². The van der Waals surface area contributed by atoms with E-state index in [2.05, 4.69) is 26.1 Å². The molecule has 1 unspecified atom stereocenters. The van der Waals surface area contributed by atoms with Gasteiger partial charge in [-0.05, 0) is 41.4 Å². The molecule has 8 heteroatoms. The topological polar surface area (TPSA) is 85.3 Å². The molecule has 1 aliphatic heterocycles. The number of carbonyl (C=O) groups is 1. The van der Waals surface area contributed by atoms with Gasteiger partial charge in [-0.2, -0.15) is 4.98 Å². The van der Waals surface area contributed by atoms with E-state index in [9.17, 15) is 4.79 Å². The zero-order chi connectivity index (χ0) is 14.1. The van der Waals surface area contributed by atoms with Crippen LogP contribution in [0.1, 0.15) is 18.7 Å². The zero-order valence-corrected chi connectivity index (χ0v) is 13.0. The molecule has 1 amide bonds. The molecule has 1 saturated heterocycles. The molecule has 1 atom stereocenters. The van der Waals surface area contributed by atoms with Gasteiger partial charge in [0.1, 0.15) is 0 Å². The van der Waals surface area contributed by atoms with Crippen LogP contribution in [0.5, 0.6) is 0 Å². The summed E-state index contributed by atoms with van der Waals surface area (Å²) in [4.78, 5) is 18.6. The first kappa shape index (κ1) is 13.7. The lowest BCUT2D eigenvalue weighted by Gasteiger charge is -2.19. The zero-order valence-electron chi connectivity index (χ0n) is 10.6. The number of likely N-dealkylation sites (tertiary alicyclic amines) is 1. The maximum Gasteiger partial charge on any atom is 0.241 e. The lowest BCUT2D eigenvalue weighted by atomic mass is 10.2. The van der Waals surface area contributed by atoms with Crippen molar-refractivity contribution in [1.82, 2.24) is 15.0 Å². The SMILES string of the molecule is NC(=O)C1CCCN1Cc1nc(-c2cc(Br)cs2)no1. The highest BCUT2D eigenvalue weighted by Gasteiger charge is 2.30. The Morgan fingerprint density at radius 1 is 1.65 bits per heavy atom. The molecule has 0 aromatic carbocycles. The largest absolute Gasteiger partial charge is 0.368 e. The molecule has 2 N–H and O–H groups in total. The first-order valence-electron chi connectivity index (χ1n) is 6.24. The molecule has 0 bridgehead atoms. The van der Waals surface area contributed by atoms with Crippen molar-refractivity contribution in [1.29, 1.82) is 0 Å². The highest BCUT2D eigenvalue weighted by molar-refractivity contribution is 9.10. The Morgan fingerprint density at radius 3 is 3.20 bits per heavy atom. The summed E-state index contributed by atoms with van der Waals surface area (Å²) in [6, 6.07) is 1.72. The first-order chi connectivity index (χ1) is 9.63. The van der Waals surface area contributed by atoms with Crippen molar-refractivity contribution in [3.05, 3.63) is 21.8 Å². The molecule has 3 heterocycles. The number of amides is 1. The molecule has 6 nitrogen and oxygen atoms in total. The Balaban J connectivity index is 1.73. The molecule has 2 aromatic rings. The molecule has 0 radical (unpaired) electrons. The summed E-state index contributed by atoms with van der Waals surface area (Å²) in [6.07, 6.45) is 1.76. The fourth-order valence-corrected chi connectivity index (χ4v) is 3.71. The molecular weight excluding hydrogens is 344 g/mol. The number of carbonyl (C=O) groups excluding carboxylic acids is 1. The fraction of sp³-hybridized carbons (Fsp3) is 0.417. The number of primary amides is 1. The van der Waals surface area contributed by atoms with Gasteiger partial charge in [0.25, 0.3) is 0 Å². The first-order valence-corrected chi connectivity index (χ1v) is 7.91. The predicted molar refractivity (Wildman–Crippen MR) is 77.9 cm³/mol. The second-order valence-corrected chi connectivity index (χ2v) is 6.50. The molecule has 20 heavy (non-hydrogen) atoms. The van der Waals surface area contributed by atoms with Crippen molar-refractivity contribution >= 4 is 33.2 Å². The van der Waals surface area contributed by atoms with Gasteiger partial charge in [-0.15, -0.1) is 11.3 Å². The summed E-state index contributed by atoms with van der Waals surface area (Å²) in [5.74, 6) is 0.799. The summed E-state index contributed by atoms with van der Waals surface area (Å²) in [7, 11) is 0. The normalized spacial score (nSPS) is 19.6. The third-order valence-electron chi connectivity index (χ3n) is 3.29. The van der Waals surface area contributed by atoms with Crippen LogP contribution in [-0.2, 0) is 11.3 Å². The second-order valence-electron chi connectivity index (χ2n) is 4.67. The molecule has 106 valence electrons. The van der Waals surface area contributed by atoms with Gasteiger partial charge in [-0.25, -0.2) is 0 Å². The number of nitrogens with zero attached hydrogens (tertiary/aromatic N) is 3. The van der Waals surface area contributed by atoms with Crippen LogP contribution in [0, 0.1) is 0 Å². The van der Waals surface area contributed by atoms with Crippen LogP contribution >= 0.6 is 27.3 Å². The second kappa shape index (κ2) is 5.63. The average Bonchev–Trinajstić information content (AvgIpc) is 3.09. The number of aromatic nitrogens is 2. The van der Waals surface area contributed by atoms with E-state index < -0.39 is 0 Å². The van der Waals surface area contributed by atoms with Gasteiger partial charge in [0, 0.05) is 9.85 Å². The van der Waals surface area contributed by atoms with Crippen molar-refractivity contribution in [3.63, 3.8) is 0 Å². The average molecular weight is 357 g/mol. The monoisotopic (exact) mass is 356 g/mol. The number of halogens is 1. The summed E-state index contributed by atoms with van der Waals surface area (Å²) >= 11 is 4.94. The van der Waals surface area contributed by atoms with Crippen LogP contribution in [0.15, 0.2) is 20.4 Å². The Kier molecular flexibility index (Phi) is 3.86. The van der Waals surface area contributed by atoms with Gasteiger partial charge in [0.2, 0.25) is 17.6 Å². The van der Waals surface area contributed by atoms with E-state index in [1.807, 2.05) is 16.3 Å². The summed E-state index contributed by atoms with van der Waals surface area (Å²) in [6.45, 7) is 1.29. The van der Waals surface area contributed by atoms with Crippen molar-refractivity contribution in [2.75, 3.05) is 6.54 Å². The van der Waals surface area contributed by atoms with E-state index in [1.54, 1.807) is 11.3 Å². The summed E-state index contributed by atoms with van der Waals surface area (Å²) in [5, 5.41) is 5.94. The minimum atomic E-state index is -0.288. The number of nitrogens with two attached hydrogens (primary N) is 1. The van der Waals surface area contributed by atoms with Gasteiger partial charge >= 0.3 is 0 Å². The van der Waals surface area contributed by atoms with E-state index in [1.165, 1.54) is 0 Å². The number of hydrogen-bond donors (Lipinski definition) is 1. The van der Waals surface area contributed by atoms with E-state index in [0.717, 1.165) is 28.7 Å². The molecule has 1 fully saturated rings. The third-order valence-corrected chi connectivity index (χ3v) is 4.97. The fourth-order valence-electron chi connectivity index (χ4n) is 2.36. The molecule has 3 rings (SSSR count). The van der Waals surface area contributed by atoms with Crippen LogP contribution in [0.3, 0.4) is 0 Å². The maximum atomic E-state index is 11.3. The number of thiophene rings is 1. The Morgan fingerprint density at radius 2 is 2.50 bits per heavy atom. The van der Waals surface area contributed by atoms with Gasteiger partial charge in [0.15, 0.2) is 0 Å². The Bertz CT molecular complexity index is 627. The summed E-state index contributed by atoms with van der Waals surface area (Å²) in [5.41, 5.74) is 5.39. The lowest BCUT2D eigenvalue weighted by molar-refractivity contribution is -0.122. The molecule has 0 aliphatic carbocycles. The molecule has 0 saturated carbocycles. The summed E-state index contributed by atoms with van der Waals surface area (Å²) < 4.78 is 6.25. The quantitative estimate of drug-likeness (QED) is 0.905.